The number of amides is 1. The van der Waals surface area contributed by atoms with E-state index < -0.39 is 41.3 Å². The van der Waals surface area contributed by atoms with E-state index in [-0.39, 0.29) is 26.0 Å². The van der Waals surface area contributed by atoms with Crippen LogP contribution in [0.3, 0.4) is 0 Å². The maximum Gasteiger partial charge on any atom is 0.319 e. The third-order valence-electron chi connectivity index (χ3n) is 3.58. The van der Waals surface area contributed by atoms with Crippen molar-refractivity contribution >= 4 is 17.8 Å². The molecule has 6 nitrogen and oxygen atoms in total. The number of hydrogen-bond donors (Lipinski definition) is 2. The molecule has 1 saturated heterocycles. The van der Waals surface area contributed by atoms with Crippen LogP contribution < -0.4 is 5.32 Å². The molecule has 1 aromatic rings. The Kier molecular flexibility index (Phi) is 5.25. The fourth-order valence-electron chi connectivity index (χ4n) is 2.40. The lowest BCUT2D eigenvalue weighted by atomic mass is 9.88. The molecule has 8 heteroatoms. The first-order chi connectivity index (χ1) is 10.9. The number of hydrogen-bond acceptors (Lipinski definition) is 4. The zero-order valence-electron chi connectivity index (χ0n) is 12.1. The van der Waals surface area contributed by atoms with Crippen molar-refractivity contribution in [3.05, 3.63) is 35.4 Å². The molecular weight excluding hydrogens is 312 g/mol. The van der Waals surface area contributed by atoms with Crippen LogP contribution >= 0.6 is 0 Å². The number of ether oxygens (including phenoxy) is 1. The average molecular weight is 327 g/mol. The van der Waals surface area contributed by atoms with E-state index >= 15 is 0 Å². The summed E-state index contributed by atoms with van der Waals surface area (Å²) >= 11 is 0. The fraction of sp³-hybridized carbons (Fsp3) is 0.400. The third kappa shape index (κ3) is 4.02. The molecule has 0 spiro atoms. The van der Waals surface area contributed by atoms with E-state index in [1.54, 1.807) is 0 Å². The molecule has 23 heavy (non-hydrogen) atoms. The number of nitrogens with one attached hydrogen (secondary N) is 1. The predicted octanol–water partition coefficient (Wildman–Crippen LogP) is 1.20. The van der Waals surface area contributed by atoms with Crippen molar-refractivity contribution in [3.8, 4) is 0 Å². The topological polar surface area (TPSA) is 92.7 Å². The van der Waals surface area contributed by atoms with Crippen LogP contribution in [0.4, 0.5) is 8.78 Å². The standard InChI is InChI=1S/C15H15F2NO5/c16-10-4-3-8(6-11(10)17)9-7-23-15(22)13(9)14(21)18-5-1-2-12(19)20/h3-4,6,9,13H,1-2,5,7H2,(H,18,21)(H,19,20)/t9-,13?/m1/s1. The number of carbonyl (C=O) groups excluding carboxylic acids is 2. The molecular formula is C15H15F2NO5. The molecule has 2 rings (SSSR count). The lowest BCUT2D eigenvalue weighted by Gasteiger charge is -2.15. The summed E-state index contributed by atoms with van der Waals surface area (Å²) in [6.07, 6.45) is 0.112. The number of carboxylic acid groups (broad SMARTS) is 1. The summed E-state index contributed by atoms with van der Waals surface area (Å²) in [5, 5.41) is 11.0. The number of rotatable bonds is 6. The van der Waals surface area contributed by atoms with E-state index in [9.17, 15) is 23.2 Å². The molecule has 1 unspecified atom stereocenters. The first-order valence-electron chi connectivity index (χ1n) is 7.01. The summed E-state index contributed by atoms with van der Waals surface area (Å²) < 4.78 is 31.2. The minimum absolute atomic E-state index is 0.0966. The van der Waals surface area contributed by atoms with Crippen LogP contribution in [0.15, 0.2) is 18.2 Å². The third-order valence-corrected chi connectivity index (χ3v) is 3.58. The molecule has 0 aromatic heterocycles. The van der Waals surface area contributed by atoms with Crippen molar-refractivity contribution in [3.63, 3.8) is 0 Å². The molecule has 0 saturated carbocycles. The van der Waals surface area contributed by atoms with Crippen LogP contribution in [0.1, 0.15) is 24.3 Å². The van der Waals surface area contributed by atoms with Gasteiger partial charge in [0.25, 0.3) is 0 Å². The highest BCUT2D eigenvalue weighted by molar-refractivity contribution is 6.00. The molecule has 0 aliphatic carbocycles. The number of carbonyl (C=O) groups is 3. The SMILES string of the molecule is O=C(O)CCCNC(=O)C1C(=O)OC[C@@H]1c1ccc(F)c(F)c1. The Morgan fingerprint density at radius 2 is 2.04 bits per heavy atom. The monoisotopic (exact) mass is 327 g/mol. The molecule has 124 valence electrons. The first kappa shape index (κ1) is 16.9. The van der Waals surface area contributed by atoms with Crippen LogP contribution in [0.5, 0.6) is 0 Å². The second kappa shape index (κ2) is 7.17. The average Bonchev–Trinajstić information content (AvgIpc) is 2.88. The largest absolute Gasteiger partial charge is 0.481 e. The Balaban J connectivity index is 2.05. The molecule has 1 amide bonds. The Morgan fingerprint density at radius 1 is 1.30 bits per heavy atom. The van der Waals surface area contributed by atoms with Gasteiger partial charge in [0.05, 0.1) is 6.61 Å². The normalized spacial score (nSPS) is 20.2. The predicted molar refractivity (Wildman–Crippen MR) is 73.4 cm³/mol. The van der Waals surface area contributed by atoms with Gasteiger partial charge in [-0.15, -0.1) is 0 Å². The molecule has 0 bridgehead atoms. The van der Waals surface area contributed by atoms with Gasteiger partial charge in [-0.3, -0.25) is 14.4 Å². The quantitative estimate of drug-likeness (QED) is 0.465. The number of benzene rings is 1. The van der Waals surface area contributed by atoms with Gasteiger partial charge >= 0.3 is 11.9 Å². The Hall–Kier alpha value is -2.51. The molecule has 1 fully saturated rings. The highest BCUT2D eigenvalue weighted by Crippen LogP contribution is 2.32. The summed E-state index contributed by atoms with van der Waals surface area (Å²) in [6.45, 7) is -0.00344. The Morgan fingerprint density at radius 3 is 2.70 bits per heavy atom. The van der Waals surface area contributed by atoms with Crippen LogP contribution in [0.2, 0.25) is 0 Å². The Bertz CT molecular complexity index is 634. The van der Waals surface area contributed by atoms with Crippen LogP contribution in [0.25, 0.3) is 0 Å². The van der Waals surface area contributed by atoms with Crippen LogP contribution in [-0.2, 0) is 19.1 Å². The minimum Gasteiger partial charge on any atom is -0.481 e. The van der Waals surface area contributed by atoms with Gasteiger partial charge in [0, 0.05) is 18.9 Å². The maximum absolute atomic E-state index is 13.3. The van der Waals surface area contributed by atoms with Crippen molar-refractivity contribution in [2.45, 2.75) is 18.8 Å². The van der Waals surface area contributed by atoms with Crippen molar-refractivity contribution in [2.75, 3.05) is 13.2 Å². The lowest BCUT2D eigenvalue weighted by molar-refractivity contribution is -0.145. The zero-order chi connectivity index (χ0) is 17.0. The lowest BCUT2D eigenvalue weighted by Crippen LogP contribution is -2.36. The smallest absolute Gasteiger partial charge is 0.319 e. The number of aliphatic carboxylic acids is 1. The second-order valence-electron chi connectivity index (χ2n) is 5.18. The van der Waals surface area contributed by atoms with Crippen molar-refractivity contribution in [2.24, 2.45) is 5.92 Å². The highest BCUT2D eigenvalue weighted by atomic mass is 19.2. The summed E-state index contributed by atoms with van der Waals surface area (Å²) in [6, 6.07) is 3.16. The minimum atomic E-state index is -1.16. The molecule has 0 radical (unpaired) electrons. The summed E-state index contributed by atoms with van der Waals surface area (Å²) in [5.41, 5.74) is 0.292. The second-order valence-corrected chi connectivity index (χ2v) is 5.18. The van der Waals surface area contributed by atoms with E-state index in [0.717, 1.165) is 12.1 Å². The van der Waals surface area contributed by atoms with Gasteiger partial charge in [0.15, 0.2) is 11.6 Å². The van der Waals surface area contributed by atoms with E-state index in [4.69, 9.17) is 9.84 Å². The number of cyclic esters (lactones) is 1. The van der Waals surface area contributed by atoms with Gasteiger partial charge in [0.2, 0.25) is 5.91 Å². The molecule has 2 atom stereocenters. The summed E-state index contributed by atoms with van der Waals surface area (Å²) in [7, 11) is 0. The van der Waals surface area contributed by atoms with Gasteiger partial charge in [0.1, 0.15) is 5.92 Å². The fourth-order valence-corrected chi connectivity index (χ4v) is 2.40. The van der Waals surface area contributed by atoms with Crippen LogP contribution in [-0.4, -0.2) is 36.1 Å². The van der Waals surface area contributed by atoms with Gasteiger partial charge < -0.3 is 15.2 Å². The molecule has 1 heterocycles. The first-order valence-corrected chi connectivity index (χ1v) is 7.01. The van der Waals surface area contributed by atoms with E-state index in [2.05, 4.69) is 5.32 Å². The molecule has 2 N–H and O–H groups in total. The zero-order valence-corrected chi connectivity index (χ0v) is 12.1. The van der Waals surface area contributed by atoms with Gasteiger partial charge in [-0.1, -0.05) is 6.07 Å². The summed E-state index contributed by atoms with van der Waals surface area (Å²) in [5.74, 6) is -6.31. The Labute approximate surface area is 130 Å². The van der Waals surface area contributed by atoms with Gasteiger partial charge in [-0.2, -0.15) is 0 Å². The van der Waals surface area contributed by atoms with E-state index in [1.165, 1.54) is 6.07 Å². The molecule has 1 aliphatic rings. The van der Waals surface area contributed by atoms with E-state index in [0.29, 0.717) is 5.56 Å². The number of halogens is 2. The highest BCUT2D eigenvalue weighted by Gasteiger charge is 2.43. The van der Waals surface area contributed by atoms with Crippen molar-refractivity contribution in [1.82, 2.24) is 5.32 Å². The van der Waals surface area contributed by atoms with E-state index in [1.807, 2.05) is 0 Å². The van der Waals surface area contributed by atoms with Crippen molar-refractivity contribution < 1.29 is 33.0 Å². The number of esters is 1. The maximum atomic E-state index is 13.3. The molecule has 1 aliphatic heterocycles. The van der Waals surface area contributed by atoms with Crippen molar-refractivity contribution in [1.29, 1.82) is 0 Å². The molecule has 1 aromatic carbocycles. The summed E-state index contributed by atoms with van der Waals surface area (Å²) in [4.78, 5) is 34.3. The van der Waals surface area contributed by atoms with Gasteiger partial charge in [-0.05, 0) is 24.1 Å². The van der Waals surface area contributed by atoms with Gasteiger partial charge in [-0.25, -0.2) is 8.78 Å². The number of carboxylic acids is 1. The van der Waals surface area contributed by atoms with Crippen LogP contribution in [0, 0.1) is 17.6 Å².